The van der Waals surface area contributed by atoms with Crippen LogP contribution >= 0.6 is 0 Å². The fraction of sp³-hybridized carbons (Fsp3) is 0.350. The van der Waals surface area contributed by atoms with Gasteiger partial charge in [-0.2, -0.15) is 5.10 Å². The maximum atomic E-state index is 5.94. The van der Waals surface area contributed by atoms with E-state index >= 15 is 0 Å². The van der Waals surface area contributed by atoms with Crippen molar-refractivity contribution in [2.75, 3.05) is 12.3 Å². The Balaban J connectivity index is 1.43. The molecule has 0 aliphatic carbocycles. The Labute approximate surface area is 167 Å². The minimum atomic E-state index is 0.228. The zero-order valence-corrected chi connectivity index (χ0v) is 16.2. The third-order valence-electron chi connectivity index (χ3n) is 5.26. The number of para-hydroxylation sites is 1. The number of rotatable bonds is 5. The molecule has 1 aliphatic rings. The molecule has 1 aliphatic heterocycles. The number of benzene rings is 1. The van der Waals surface area contributed by atoms with Gasteiger partial charge >= 0.3 is 0 Å². The first-order valence-electron chi connectivity index (χ1n) is 9.73. The summed E-state index contributed by atoms with van der Waals surface area (Å²) >= 11 is 0. The van der Waals surface area contributed by atoms with Crippen LogP contribution in [-0.4, -0.2) is 47.5 Å². The zero-order valence-electron chi connectivity index (χ0n) is 16.2. The third-order valence-corrected chi connectivity index (χ3v) is 5.26. The number of fused-ring (bicyclic) bond motifs is 1. The summed E-state index contributed by atoms with van der Waals surface area (Å²) in [4.78, 5) is 8.80. The van der Waals surface area contributed by atoms with E-state index in [1.54, 1.807) is 4.68 Å². The van der Waals surface area contributed by atoms with E-state index in [4.69, 9.17) is 10.5 Å². The molecule has 1 saturated heterocycles. The second-order valence-electron chi connectivity index (χ2n) is 7.34. The van der Waals surface area contributed by atoms with Gasteiger partial charge in [-0.05, 0) is 31.4 Å². The van der Waals surface area contributed by atoms with Gasteiger partial charge in [0.25, 0.3) is 0 Å². The summed E-state index contributed by atoms with van der Waals surface area (Å²) in [6.45, 7) is 4.17. The molecular weight excluding hydrogens is 368 g/mol. The number of nitrogens with two attached hydrogens (primary N) is 1. The summed E-state index contributed by atoms with van der Waals surface area (Å²) in [5.74, 6) is 0.228. The Morgan fingerprint density at radius 1 is 1.24 bits per heavy atom. The van der Waals surface area contributed by atoms with E-state index in [9.17, 15) is 0 Å². The van der Waals surface area contributed by atoms with Gasteiger partial charge in [0.2, 0.25) is 5.95 Å². The van der Waals surface area contributed by atoms with Crippen molar-refractivity contribution >= 4 is 16.9 Å². The molecule has 1 atom stereocenters. The minimum absolute atomic E-state index is 0.228. The van der Waals surface area contributed by atoms with E-state index < -0.39 is 0 Å². The van der Waals surface area contributed by atoms with Gasteiger partial charge in [0.1, 0.15) is 11.4 Å². The molecule has 2 N–H and O–H groups in total. The molecule has 1 aromatic carbocycles. The summed E-state index contributed by atoms with van der Waals surface area (Å²) in [6, 6.07) is 7.96. The van der Waals surface area contributed by atoms with Crippen molar-refractivity contribution in [2.45, 2.75) is 39.0 Å². The highest BCUT2D eigenvalue weighted by atomic mass is 16.5. The maximum absolute atomic E-state index is 5.94. The topological polar surface area (TPSA) is 110 Å². The zero-order chi connectivity index (χ0) is 19.8. The lowest BCUT2D eigenvalue weighted by molar-refractivity contribution is 0.0931. The Morgan fingerprint density at radius 3 is 3.03 bits per heavy atom. The molecule has 5 rings (SSSR count). The van der Waals surface area contributed by atoms with Crippen LogP contribution in [0.1, 0.15) is 24.1 Å². The van der Waals surface area contributed by atoms with Crippen LogP contribution in [0.3, 0.4) is 0 Å². The van der Waals surface area contributed by atoms with Gasteiger partial charge in [0.05, 0.1) is 36.6 Å². The van der Waals surface area contributed by atoms with E-state index in [0.29, 0.717) is 17.9 Å². The highest BCUT2D eigenvalue weighted by molar-refractivity contribution is 5.93. The lowest BCUT2D eigenvalue weighted by atomic mass is 10.1. The monoisotopic (exact) mass is 390 g/mol. The van der Waals surface area contributed by atoms with Crippen molar-refractivity contribution in [3.63, 3.8) is 0 Å². The van der Waals surface area contributed by atoms with Crippen molar-refractivity contribution in [1.29, 1.82) is 0 Å². The van der Waals surface area contributed by atoms with Crippen LogP contribution in [0.5, 0.6) is 0 Å². The van der Waals surface area contributed by atoms with Crippen LogP contribution in [0.4, 0.5) is 5.95 Å². The van der Waals surface area contributed by atoms with Crippen LogP contribution in [0.25, 0.3) is 22.3 Å². The van der Waals surface area contributed by atoms with Crippen molar-refractivity contribution in [1.82, 2.24) is 34.7 Å². The summed E-state index contributed by atoms with van der Waals surface area (Å²) < 4.78 is 9.51. The highest BCUT2D eigenvalue weighted by Crippen LogP contribution is 2.27. The Hall–Kier alpha value is -3.33. The number of aromatic nitrogens is 7. The average Bonchev–Trinajstić information content (AvgIpc) is 3.46. The maximum Gasteiger partial charge on any atom is 0.221 e. The highest BCUT2D eigenvalue weighted by Gasteiger charge is 2.18. The van der Waals surface area contributed by atoms with Crippen LogP contribution in [0.2, 0.25) is 0 Å². The number of hydrogen-bond donors (Lipinski definition) is 1. The van der Waals surface area contributed by atoms with Crippen LogP contribution in [0.15, 0.2) is 36.7 Å². The molecule has 0 spiro atoms. The molecule has 3 aromatic heterocycles. The largest absolute Gasteiger partial charge is 0.376 e. The quantitative estimate of drug-likeness (QED) is 0.556. The molecular formula is C20H22N8O. The lowest BCUT2D eigenvalue weighted by Gasteiger charge is -2.12. The number of nitrogens with zero attached hydrogens (tertiary/aromatic N) is 7. The van der Waals surface area contributed by atoms with Gasteiger partial charge in [-0.25, -0.2) is 14.6 Å². The summed E-state index contributed by atoms with van der Waals surface area (Å²) in [7, 11) is 0. The Kier molecular flexibility index (Phi) is 4.44. The molecule has 148 valence electrons. The van der Waals surface area contributed by atoms with Gasteiger partial charge in [-0.1, -0.05) is 23.4 Å². The van der Waals surface area contributed by atoms with Crippen LogP contribution in [0, 0.1) is 6.92 Å². The number of hydrogen-bond acceptors (Lipinski definition) is 7. The fourth-order valence-corrected chi connectivity index (χ4v) is 3.80. The standard InChI is InChI=1S/C20H22N8O/c1-13-4-2-6-16-18(13)23-20(21)24-19(16)17-12-27(26-25-17)10-14-7-8-22-28(14)11-15-5-3-9-29-15/h2,4,6-8,12,15H,3,5,9-11H2,1H3,(H2,21,23,24). The predicted molar refractivity (Wildman–Crippen MR) is 108 cm³/mol. The molecule has 1 fully saturated rings. The van der Waals surface area contributed by atoms with Gasteiger partial charge in [-0.15, -0.1) is 5.10 Å². The van der Waals surface area contributed by atoms with E-state index in [-0.39, 0.29) is 12.1 Å². The fourth-order valence-electron chi connectivity index (χ4n) is 3.80. The first-order valence-corrected chi connectivity index (χ1v) is 9.73. The van der Waals surface area contributed by atoms with Gasteiger partial charge < -0.3 is 10.5 Å². The molecule has 4 heterocycles. The van der Waals surface area contributed by atoms with Crippen molar-refractivity contribution in [2.24, 2.45) is 0 Å². The number of ether oxygens (including phenoxy) is 1. The smallest absolute Gasteiger partial charge is 0.221 e. The normalized spacial score (nSPS) is 16.7. The molecule has 29 heavy (non-hydrogen) atoms. The van der Waals surface area contributed by atoms with Gasteiger partial charge in [-0.3, -0.25) is 4.68 Å². The molecule has 0 amide bonds. The first kappa shape index (κ1) is 17.7. The molecule has 0 bridgehead atoms. The van der Waals surface area contributed by atoms with Crippen LogP contribution in [-0.2, 0) is 17.8 Å². The number of aryl methyl sites for hydroxylation is 1. The molecule has 0 radical (unpaired) electrons. The molecule has 9 heteroatoms. The third kappa shape index (κ3) is 3.44. The Bertz CT molecular complexity index is 1160. The molecule has 1 unspecified atom stereocenters. The van der Waals surface area contributed by atoms with Crippen LogP contribution < -0.4 is 5.73 Å². The second kappa shape index (κ2) is 7.25. The van der Waals surface area contributed by atoms with Crippen molar-refractivity contribution in [3.8, 4) is 11.4 Å². The molecule has 9 nitrogen and oxygen atoms in total. The SMILES string of the molecule is Cc1cccc2c(-c3cn(Cc4ccnn4CC4CCCO4)nn3)nc(N)nc12. The predicted octanol–water partition coefficient (Wildman–Crippen LogP) is 2.20. The minimum Gasteiger partial charge on any atom is -0.376 e. The summed E-state index contributed by atoms with van der Waals surface area (Å²) in [6.07, 6.45) is 6.12. The van der Waals surface area contributed by atoms with Gasteiger partial charge in [0.15, 0.2) is 0 Å². The van der Waals surface area contributed by atoms with Crippen molar-refractivity contribution in [3.05, 3.63) is 47.9 Å². The molecule has 0 saturated carbocycles. The van der Waals surface area contributed by atoms with E-state index in [1.165, 1.54) is 0 Å². The number of nitrogen functional groups attached to an aromatic ring is 1. The average molecular weight is 390 g/mol. The summed E-state index contributed by atoms with van der Waals surface area (Å²) in [5.41, 5.74) is 10.2. The van der Waals surface area contributed by atoms with E-state index in [0.717, 1.165) is 48.2 Å². The Morgan fingerprint density at radius 2 is 2.17 bits per heavy atom. The number of anilines is 1. The van der Waals surface area contributed by atoms with Crippen molar-refractivity contribution < 1.29 is 4.74 Å². The first-order chi connectivity index (χ1) is 14.2. The van der Waals surface area contributed by atoms with Gasteiger partial charge in [0, 0.05) is 18.2 Å². The van der Waals surface area contributed by atoms with E-state index in [1.807, 2.05) is 48.3 Å². The lowest BCUT2D eigenvalue weighted by Crippen LogP contribution is -2.19. The van der Waals surface area contributed by atoms with E-state index in [2.05, 4.69) is 25.4 Å². The molecule has 4 aromatic rings. The summed E-state index contributed by atoms with van der Waals surface area (Å²) in [5, 5.41) is 14.0. The second-order valence-corrected chi connectivity index (χ2v) is 7.34.